The molecule has 1 aromatic heterocycles. The van der Waals surface area contributed by atoms with Crippen molar-refractivity contribution in [1.29, 1.82) is 0 Å². The average molecular weight is 389 g/mol. The summed E-state index contributed by atoms with van der Waals surface area (Å²) >= 11 is 0. The van der Waals surface area contributed by atoms with Gasteiger partial charge in [-0.2, -0.15) is 18.3 Å². The van der Waals surface area contributed by atoms with Crippen LogP contribution in [0.25, 0.3) is 16.9 Å². The molecule has 0 atom stereocenters. The first kappa shape index (κ1) is 19.6. The van der Waals surface area contributed by atoms with Crippen LogP contribution in [0.5, 0.6) is 0 Å². The van der Waals surface area contributed by atoms with Crippen molar-refractivity contribution < 1.29 is 23.1 Å². The predicted molar refractivity (Wildman–Crippen MR) is 98.2 cm³/mol. The first-order chi connectivity index (χ1) is 13.3. The van der Waals surface area contributed by atoms with E-state index in [-0.39, 0.29) is 19.1 Å². The summed E-state index contributed by atoms with van der Waals surface area (Å²) in [6.07, 6.45) is -4.57. The van der Waals surface area contributed by atoms with Gasteiger partial charge in [0.2, 0.25) is 0 Å². The lowest BCUT2D eigenvalue weighted by molar-refractivity contribution is -0.141. The third-order valence-corrected chi connectivity index (χ3v) is 4.12. The molecule has 2 aromatic carbocycles. The number of benzene rings is 2. The normalized spacial score (nSPS) is 11.5. The van der Waals surface area contributed by atoms with Gasteiger partial charge in [-0.1, -0.05) is 29.8 Å². The fourth-order valence-electron chi connectivity index (χ4n) is 2.67. The minimum atomic E-state index is -4.57. The van der Waals surface area contributed by atoms with E-state index in [1.807, 2.05) is 19.1 Å². The van der Waals surface area contributed by atoms with Gasteiger partial charge < -0.3 is 10.4 Å². The zero-order valence-electron chi connectivity index (χ0n) is 15.0. The van der Waals surface area contributed by atoms with Crippen molar-refractivity contribution in [1.82, 2.24) is 15.1 Å². The van der Waals surface area contributed by atoms with Crippen molar-refractivity contribution in [3.8, 4) is 16.9 Å². The van der Waals surface area contributed by atoms with Gasteiger partial charge in [-0.25, -0.2) is 4.68 Å². The van der Waals surface area contributed by atoms with Crippen molar-refractivity contribution in [2.75, 3.05) is 13.2 Å². The Bertz CT molecular complexity index is 962. The smallest absolute Gasteiger partial charge is 0.395 e. The highest BCUT2D eigenvalue weighted by Crippen LogP contribution is 2.33. The van der Waals surface area contributed by atoms with Gasteiger partial charge in [0.05, 0.1) is 18.0 Å². The number of alkyl halides is 3. The summed E-state index contributed by atoms with van der Waals surface area (Å²) in [5.41, 5.74) is 1.61. The molecule has 3 rings (SSSR count). The van der Waals surface area contributed by atoms with Crippen LogP contribution in [-0.2, 0) is 6.18 Å². The molecule has 146 valence electrons. The van der Waals surface area contributed by atoms with Gasteiger partial charge in [0.15, 0.2) is 5.69 Å². The number of rotatable bonds is 5. The van der Waals surface area contributed by atoms with Crippen LogP contribution in [0.1, 0.15) is 21.6 Å². The van der Waals surface area contributed by atoms with Gasteiger partial charge in [0, 0.05) is 17.7 Å². The van der Waals surface area contributed by atoms with Gasteiger partial charge >= 0.3 is 6.18 Å². The van der Waals surface area contributed by atoms with E-state index in [9.17, 15) is 18.0 Å². The summed E-state index contributed by atoms with van der Waals surface area (Å²) in [5, 5.41) is 15.0. The molecule has 0 spiro atoms. The molecule has 1 heterocycles. The second-order valence-electron chi connectivity index (χ2n) is 6.22. The molecule has 0 radical (unpaired) electrons. The molecular formula is C20H18F3N3O2. The third-order valence-electron chi connectivity index (χ3n) is 4.12. The molecule has 0 saturated heterocycles. The highest BCUT2D eigenvalue weighted by Gasteiger charge is 2.35. The molecule has 3 aromatic rings. The maximum absolute atomic E-state index is 13.2. The highest BCUT2D eigenvalue weighted by atomic mass is 19.4. The lowest BCUT2D eigenvalue weighted by Crippen LogP contribution is -2.26. The Morgan fingerprint density at radius 1 is 1.11 bits per heavy atom. The number of nitrogens with one attached hydrogen (secondary N) is 1. The van der Waals surface area contributed by atoms with Crippen molar-refractivity contribution in [2.45, 2.75) is 13.1 Å². The third kappa shape index (κ3) is 4.23. The topological polar surface area (TPSA) is 67.2 Å². The van der Waals surface area contributed by atoms with E-state index in [1.54, 1.807) is 12.1 Å². The standard InChI is InChI=1S/C20H18F3N3O2/c1-13-2-4-14(5-3-13)17-12-18(20(21,22)23)25-26(17)16-8-6-15(7-9-16)19(28)24-10-11-27/h2-9,12,27H,10-11H2,1H3,(H,24,28). The Balaban J connectivity index is 2.01. The molecular weight excluding hydrogens is 371 g/mol. The fraction of sp³-hybridized carbons (Fsp3) is 0.200. The second-order valence-corrected chi connectivity index (χ2v) is 6.22. The van der Waals surface area contributed by atoms with Gasteiger partial charge in [-0.15, -0.1) is 0 Å². The molecule has 0 aliphatic heterocycles. The van der Waals surface area contributed by atoms with Crippen molar-refractivity contribution in [2.24, 2.45) is 0 Å². The van der Waals surface area contributed by atoms with Crippen molar-refractivity contribution in [3.63, 3.8) is 0 Å². The molecule has 8 heteroatoms. The van der Waals surface area contributed by atoms with Crippen LogP contribution in [0.15, 0.2) is 54.6 Å². The fourth-order valence-corrected chi connectivity index (χ4v) is 2.67. The number of aliphatic hydroxyl groups is 1. The number of nitrogens with zero attached hydrogens (tertiary/aromatic N) is 2. The number of halogens is 3. The molecule has 0 saturated carbocycles. The SMILES string of the molecule is Cc1ccc(-c2cc(C(F)(F)F)nn2-c2ccc(C(=O)NCCO)cc2)cc1. The van der Waals surface area contributed by atoms with Gasteiger partial charge in [-0.3, -0.25) is 4.79 Å². The number of aryl methyl sites for hydroxylation is 1. The van der Waals surface area contributed by atoms with E-state index >= 15 is 0 Å². The Labute approximate surface area is 159 Å². The van der Waals surface area contributed by atoms with E-state index in [4.69, 9.17) is 5.11 Å². The minimum absolute atomic E-state index is 0.117. The monoisotopic (exact) mass is 389 g/mol. The summed E-state index contributed by atoms with van der Waals surface area (Å²) in [6, 6.07) is 14.2. The van der Waals surface area contributed by atoms with Gasteiger partial charge in [0.25, 0.3) is 5.91 Å². The zero-order chi connectivity index (χ0) is 20.3. The molecule has 0 bridgehead atoms. The summed E-state index contributed by atoms with van der Waals surface area (Å²) in [7, 11) is 0. The number of aliphatic hydroxyl groups excluding tert-OH is 1. The van der Waals surface area contributed by atoms with Crippen LogP contribution < -0.4 is 5.32 Å². The number of hydrogen-bond donors (Lipinski definition) is 2. The lowest BCUT2D eigenvalue weighted by Gasteiger charge is -2.09. The first-order valence-corrected chi connectivity index (χ1v) is 8.53. The summed E-state index contributed by atoms with van der Waals surface area (Å²) in [4.78, 5) is 11.9. The number of amides is 1. The summed E-state index contributed by atoms with van der Waals surface area (Å²) in [5.74, 6) is -0.379. The molecule has 1 amide bonds. The molecule has 2 N–H and O–H groups in total. The minimum Gasteiger partial charge on any atom is -0.395 e. The van der Waals surface area contributed by atoms with Crippen LogP contribution in [0.2, 0.25) is 0 Å². The Hall–Kier alpha value is -3.13. The average Bonchev–Trinajstić information content (AvgIpc) is 3.12. The highest BCUT2D eigenvalue weighted by molar-refractivity contribution is 5.94. The summed E-state index contributed by atoms with van der Waals surface area (Å²) < 4.78 is 40.9. The van der Waals surface area contributed by atoms with Gasteiger partial charge in [0.1, 0.15) is 0 Å². The number of aromatic nitrogens is 2. The Kier molecular flexibility index (Phi) is 5.51. The van der Waals surface area contributed by atoms with Crippen LogP contribution in [0.4, 0.5) is 13.2 Å². The summed E-state index contributed by atoms with van der Waals surface area (Å²) in [6.45, 7) is 1.83. The second kappa shape index (κ2) is 7.85. The van der Waals surface area contributed by atoms with Crippen LogP contribution in [0, 0.1) is 6.92 Å². The molecule has 0 unspecified atom stereocenters. The van der Waals surface area contributed by atoms with E-state index in [1.165, 1.54) is 28.9 Å². The van der Waals surface area contributed by atoms with E-state index in [2.05, 4.69) is 10.4 Å². The molecule has 0 fully saturated rings. The lowest BCUT2D eigenvalue weighted by atomic mass is 10.1. The Morgan fingerprint density at radius 3 is 2.32 bits per heavy atom. The maximum atomic E-state index is 13.2. The molecule has 5 nitrogen and oxygen atoms in total. The molecule has 0 aliphatic carbocycles. The Morgan fingerprint density at radius 2 is 1.75 bits per heavy atom. The predicted octanol–water partition coefficient (Wildman–Crippen LogP) is 3.59. The quantitative estimate of drug-likeness (QED) is 0.701. The van der Waals surface area contributed by atoms with Crippen molar-refractivity contribution >= 4 is 5.91 Å². The molecule has 0 aliphatic rings. The van der Waals surface area contributed by atoms with Crippen LogP contribution in [0.3, 0.4) is 0 Å². The number of carbonyl (C=O) groups excluding carboxylic acids is 1. The van der Waals surface area contributed by atoms with E-state index in [0.717, 1.165) is 11.6 Å². The maximum Gasteiger partial charge on any atom is 0.435 e. The zero-order valence-corrected chi connectivity index (χ0v) is 15.0. The number of carbonyl (C=O) groups is 1. The van der Waals surface area contributed by atoms with Crippen LogP contribution >= 0.6 is 0 Å². The van der Waals surface area contributed by atoms with Crippen LogP contribution in [-0.4, -0.2) is 33.9 Å². The first-order valence-electron chi connectivity index (χ1n) is 8.53. The van der Waals surface area contributed by atoms with Gasteiger partial charge in [-0.05, 0) is 37.3 Å². The largest absolute Gasteiger partial charge is 0.435 e. The molecule has 28 heavy (non-hydrogen) atoms. The van der Waals surface area contributed by atoms with E-state index in [0.29, 0.717) is 22.5 Å². The van der Waals surface area contributed by atoms with Crippen molar-refractivity contribution in [3.05, 3.63) is 71.4 Å². The number of hydrogen-bond acceptors (Lipinski definition) is 3. The van der Waals surface area contributed by atoms with E-state index < -0.39 is 11.9 Å².